The number of fused-ring (bicyclic) bond motifs is 1. The van der Waals surface area contributed by atoms with Crippen LogP contribution in [0.5, 0.6) is 0 Å². The van der Waals surface area contributed by atoms with Crippen LogP contribution in [0.4, 0.5) is 8.78 Å². The summed E-state index contributed by atoms with van der Waals surface area (Å²) in [7, 11) is 0. The van der Waals surface area contributed by atoms with E-state index in [-0.39, 0.29) is 22.3 Å². The number of aromatic nitrogens is 2. The first-order valence-corrected chi connectivity index (χ1v) is 7.15. The molecule has 0 fully saturated rings. The van der Waals surface area contributed by atoms with Crippen LogP contribution >= 0.6 is 0 Å². The Bertz CT molecular complexity index is 905. The highest BCUT2D eigenvalue weighted by Gasteiger charge is 2.20. The van der Waals surface area contributed by atoms with Crippen molar-refractivity contribution in [2.24, 2.45) is 5.73 Å². The topological polar surface area (TPSA) is 60.9 Å². The van der Waals surface area contributed by atoms with Crippen molar-refractivity contribution < 1.29 is 8.78 Å². The Morgan fingerprint density at radius 3 is 2.39 bits per heavy atom. The molecule has 6 heteroatoms. The Morgan fingerprint density at radius 1 is 1.09 bits per heavy atom. The van der Waals surface area contributed by atoms with Crippen LogP contribution in [-0.2, 0) is 0 Å². The highest BCUT2D eigenvalue weighted by molar-refractivity contribution is 5.81. The molecule has 3 aromatic rings. The van der Waals surface area contributed by atoms with Crippen molar-refractivity contribution in [1.82, 2.24) is 9.55 Å². The molecule has 1 aromatic heterocycles. The molecule has 2 aromatic carbocycles. The molecule has 3 rings (SSSR count). The van der Waals surface area contributed by atoms with E-state index >= 15 is 0 Å². The number of benzene rings is 2. The van der Waals surface area contributed by atoms with Gasteiger partial charge in [0.2, 0.25) is 0 Å². The van der Waals surface area contributed by atoms with Crippen molar-refractivity contribution in [1.29, 1.82) is 0 Å². The van der Waals surface area contributed by atoms with E-state index in [1.807, 2.05) is 6.07 Å². The standard InChI is InChI=1S/C17H15F2N3O/c1-10(20)16-21-14-12(15(18)19)8-5-9-13(14)17(23)22(16)11-6-3-2-4-7-11/h2-10,15H,20H2,1H3. The maximum absolute atomic E-state index is 13.2. The van der Waals surface area contributed by atoms with Gasteiger partial charge in [0.25, 0.3) is 12.0 Å². The van der Waals surface area contributed by atoms with E-state index in [2.05, 4.69) is 4.98 Å². The molecule has 1 heterocycles. The lowest BCUT2D eigenvalue weighted by Crippen LogP contribution is -2.27. The second kappa shape index (κ2) is 5.89. The van der Waals surface area contributed by atoms with Crippen LogP contribution in [-0.4, -0.2) is 9.55 Å². The summed E-state index contributed by atoms with van der Waals surface area (Å²) in [4.78, 5) is 17.1. The summed E-state index contributed by atoms with van der Waals surface area (Å²) in [5.74, 6) is 0.252. The van der Waals surface area contributed by atoms with E-state index < -0.39 is 18.0 Å². The van der Waals surface area contributed by atoms with Gasteiger partial charge in [-0.2, -0.15) is 0 Å². The summed E-state index contributed by atoms with van der Waals surface area (Å²) in [6.45, 7) is 1.66. The van der Waals surface area contributed by atoms with Crippen molar-refractivity contribution in [2.45, 2.75) is 19.4 Å². The lowest BCUT2D eigenvalue weighted by molar-refractivity contribution is 0.153. The third-order valence-electron chi connectivity index (χ3n) is 3.61. The van der Waals surface area contributed by atoms with Gasteiger partial charge in [0.05, 0.1) is 22.6 Å². The van der Waals surface area contributed by atoms with Crippen LogP contribution < -0.4 is 11.3 Å². The summed E-state index contributed by atoms with van der Waals surface area (Å²) in [5, 5.41) is 0.149. The van der Waals surface area contributed by atoms with Gasteiger partial charge in [-0.25, -0.2) is 13.8 Å². The maximum Gasteiger partial charge on any atom is 0.266 e. The third-order valence-corrected chi connectivity index (χ3v) is 3.61. The van der Waals surface area contributed by atoms with E-state index in [0.29, 0.717) is 5.69 Å². The average Bonchev–Trinajstić information content (AvgIpc) is 2.54. The van der Waals surface area contributed by atoms with Crippen LogP contribution in [0.1, 0.15) is 30.8 Å². The number of alkyl halides is 2. The summed E-state index contributed by atoms with van der Waals surface area (Å²) < 4.78 is 27.8. The fraction of sp³-hybridized carbons (Fsp3) is 0.176. The van der Waals surface area contributed by atoms with Crippen molar-refractivity contribution in [2.75, 3.05) is 0 Å². The van der Waals surface area contributed by atoms with Gasteiger partial charge in [-0.1, -0.05) is 30.3 Å². The summed E-state index contributed by atoms with van der Waals surface area (Å²) in [6.07, 6.45) is -2.71. The Labute approximate surface area is 131 Å². The zero-order chi connectivity index (χ0) is 16.6. The summed E-state index contributed by atoms with van der Waals surface area (Å²) in [5.41, 5.74) is 5.86. The highest BCUT2D eigenvalue weighted by atomic mass is 19.3. The number of nitrogens with two attached hydrogens (primary N) is 1. The van der Waals surface area contributed by atoms with Crippen LogP contribution in [0.25, 0.3) is 16.6 Å². The van der Waals surface area contributed by atoms with E-state index in [0.717, 1.165) is 0 Å². The van der Waals surface area contributed by atoms with Gasteiger partial charge in [0.1, 0.15) is 5.82 Å². The molecule has 23 heavy (non-hydrogen) atoms. The van der Waals surface area contributed by atoms with Crippen LogP contribution in [0.3, 0.4) is 0 Å². The van der Waals surface area contributed by atoms with Crippen LogP contribution in [0, 0.1) is 0 Å². The van der Waals surface area contributed by atoms with E-state index in [4.69, 9.17) is 5.73 Å². The second-order valence-corrected chi connectivity index (χ2v) is 5.28. The predicted molar refractivity (Wildman–Crippen MR) is 84.9 cm³/mol. The molecule has 0 aliphatic carbocycles. The van der Waals surface area contributed by atoms with E-state index in [1.165, 1.54) is 22.8 Å². The molecule has 0 aliphatic rings. The molecule has 4 nitrogen and oxygen atoms in total. The monoisotopic (exact) mass is 315 g/mol. The highest BCUT2D eigenvalue weighted by Crippen LogP contribution is 2.26. The Balaban J connectivity index is 2.44. The smallest absolute Gasteiger partial charge is 0.266 e. The van der Waals surface area contributed by atoms with Gasteiger partial charge in [-0.05, 0) is 25.1 Å². The molecule has 1 unspecified atom stereocenters. The number of hydrogen-bond donors (Lipinski definition) is 1. The molecule has 0 radical (unpaired) electrons. The number of nitrogens with zero attached hydrogens (tertiary/aromatic N) is 2. The van der Waals surface area contributed by atoms with Gasteiger partial charge in [0, 0.05) is 5.56 Å². The van der Waals surface area contributed by atoms with E-state index in [1.54, 1.807) is 31.2 Å². The number of rotatable bonds is 3. The summed E-state index contributed by atoms with van der Waals surface area (Å²) >= 11 is 0. The molecule has 1 atom stereocenters. The first kappa shape index (κ1) is 15.3. The first-order valence-electron chi connectivity index (χ1n) is 7.15. The van der Waals surface area contributed by atoms with Gasteiger partial charge in [-0.15, -0.1) is 0 Å². The normalized spacial score (nSPS) is 12.7. The molecular weight excluding hydrogens is 300 g/mol. The van der Waals surface area contributed by atoms with Gasteiger partial charge in [-0.3, -0.25) is 9.36 Å². The number of para-hydroxylation sites is 2. The molecule has 0 saturated carbocycles. The minimum absolute atomic E-state index is 0.00646. The number of hydrogen-bond acceptors (Lipinski definition) is 3. The molecule has 0 bridgehead atoms. The average molecular weight is 315 g/mol. The number of halogens is 2. The summed E-state index contributed by atoms with van der Waals surface area (Å²) in [6, 6.07) is 12.5. The zero-order valence-corrected chi connectivity index (χ0v) is 12.4. The van der Waals surface area contributed by atoms with Crippen molar-refractivity contribution in [3.8, 4) is 5.69 Å². The molecule has 0 saturated heterocycles. The SMILES string of the molecule is CC(N)c1nc2c(C(F)F)cccc2c(=O)n1-c1ccccc1. The quantitative estimate of drug-likeness (QED) is 0.806. The molecular formula is C17H15F2N3O. The zero-order valence-electron chi connectivity index (χ0n) is 12.4. The van der Waals surface area contributed by atoms with Crippen LogP contribution in [0.2, 0.25) is 0 Å². The minimum atomic E-state index is -2.71. The van der Waals surface area contributed by atoms with Crippen molar-refractivity contribution in [3.05, 3.63) is 70.3 Å². The fourth-order valence-corrected chi connectivity index (χ4v) is 2.56. The second-order valence-electron chi connectivity index (χ2n) is 5.28. The van der Waals surface area contributed by atoms with Gasteiger partial charge in [0.15, 0.2) is 0 Å². The third kappa shape index (κ3) is 2.61. The van der Waals surface area contributed by atoms with Crippen molar-refractivity contribution >= 4 is 10.9 Å². The first-order chi connectivity index (χ1) is 11.0. The lowest BCUT2D eigenvalue weighted by Gasteiger charge is -2.17. The van der Waals surface area contributed by atoms with Crippen molar-refractivity contribution in [3.63, 3.8) is 0 Å². The van der Waals surface area contributed by atoms with Crippen LogP contribution in [0.15, 0.2) is 53.3 Å². The minimum Gasteiger partial charge on any atom is -0.322 e. The molecule has 0 amide bonds. The Morgan fingerprint density at radius 2 is 1.78 bits per heavy atom. The predicted octanol–water partition coefficient (Wildman–Crippen LogP) is 3.34. The van der Waals surface area contributed by atoms with Gasteiger partial charge >= 0.3 is 0 Å². The Hall–Kier alpha value is -2.60. The fourth-order valence-electron chi connectivity index (χ4n) is 2.56. The lowest BCUT2D eigenvalue weighted by atomic mass is 10.1. The Kier molecular flexibility index (Phi) is 3.92. The molecule has 0 aliphatic heterocycles. The molecule has 0 spiro atoms. The molecule has 2 N–H and O–H groups in total. The largest absolute Gasteiger partial charge is 0.322 e. The molecule has 118 valence electrons. The van der Waals surface area contributed by atoms with Gasteiger partial charge < -0.3 is 5.73 Å². The van der Waals surface area contributed by atoms with E-state index in [9.17, 15) is 13.6 Å². The maximum atomic E-state index is 13.2.